The fourth-order valence-corrected chi connectivity index (χ4v) is 7.65. The average Bonchev–Trinajstić information content (AvgIpc) is 2.99. The van der Waals surface area contributed by atoms with Gasteiger partial charge in [0, 0.05) is 24.3 Å². The standard InChI is InChI=1S/C26H20N4O14S4/c31-29(32)21-3-1-5-23(15-21)45(35,36)27-19-11-9-17(25(13-19)47(39,40)41)7-8-18-10-12-20(14-26(18)48(42,43)44)28-46(37,38)24-6-2-4-22(16-24)30(33)34/h1-16,27-28H,(H,39,40,41)(H,42,43,44). The van der Waals surface area contributed by atoms with Crippen LogP contribution in [-0.2, 0) is 40.3 Å². The molecule has 0 atom stereocenters. The predicted molar refractivity (Wildman–Crippen MR) is 169 cm³/mol. The maximum Gasteiger partial charge on any atom is 0.295 e. The summed E-state index contributed by atoms with van der Waals surface area (Å²) < 4.78 is 124. The first-order valence-electron chi connectivity index (χ1n) is 12.6. The van der Waals surface area contributed by atoms with Crippen molar-refractivity contribution in [1.29, 1.82) is 0 Å². The molecule has 0 aliphatic carbocycles. The van der Waals surface area contributed by atoms with E-state index < -0.39 is 81.1 Å². The van der Waals surface area contributed by atoms with Crippen molar-refractivity contribution < 1.29 is 52.6 Å². The molecule has 0 aliphatic rings. The van der Waals surface area contributed by atoms with E-state index in [0.717, 1.165) is 97.1 Å². The molecule has 48 heavy (non-hydrogen) atoms. The van der Waals surface area contributed by atoms with Crippen LogP contribution in [0.5, 0.6) is 0 Å². The van der Waals surface area contributed by atoms with Crippen LogP contribution in [0.4, 0.5) is 22.7 Å². The second-order valence-electron chi connectivity index (χ2n) is 9.51. The molecule has 0 unspecified atom stereocenters. The highest BCUT2D eigenvalue weighted by atomic mass is 32.2. The van der Waals surface area contributed by atoms with Crippen LogP contribution in [0.15, 0.2) is 105 Å². The third kappa shape index (κ3) is 8.36. The molecule has 0 heterocycles. The first-order valence-corrected chi connectivity index (χ1v) is 18.5. The van der Waals surface area contributed by atoms with E-state index in [1.807, 2.05) is 9.44 Å². The summed E-state index contributed by atoms with van der Waals surface area (Å²) in [7, 11) is -19.1. The minimum atomic E-state index is -5.06. The number of anilines is 2. The Morgan fingerprint density at radius 2 is 0.896 bits per heavy atom. The van der Waals surface area contributed by atoms with Gasteiger partial charge in [-0.25, -0.2) is 16.8 Å². The molecule has 0 fully saturated rings. The first kappa shape index (κ1) is 35.6. The smallest absolute Gasteiger partial charge is 0.282 e. The van der Waals surface area contributed by atoms with Gasteiger partial charge in [-0.3, -0.25) is 38.8 Å². The van der Waals surface area contributed by atoms with Crippen LogP contribution < -0.4 is 9.44 Å². The maximum absolute atomic E-state index is 12.8. The van der Waals surface area contributed by atoms with E-state index in [-0.39, 0.29) is 22.5 Å². The van der Waals surface area contributed by atoms with Crippen molar-refractivity contribution in [2.24, 2.45) is 0 Å². The van der Waals surface area contributed by atoms with Crippen LogP contribution in [0.3, 0.4) is 0 Å². The van der Waals surface area contributed by atoms with Gasteiger partial charge in [0.2, 0.25) is 0 Å². The van der Waals surface area contributed by atoms with Gasteiger partial charge in [0.1, 0.15) is 9.79 Å². The summed E-state index contributed by atoms with van der Waals surface area (Å²) >= 11 is 0. The molecular formula is C26H20N4O14S4. The molecule has 18 nitrogen and oxygen atoms in total. The van der Waals surface area contributed by atoms with Gasteiger partial charge in [-0.1, -0.05) is 36.4 Å². The maximum atomic E-state index is 12.8. The van der Waals surface area contributed by atoms with Crippen molar-refractivity contribution in [3.8, 4) is 0 Å². The quantitative estimate of drug-likeness (QED) is 0.0696. The molecule has 252 valence electrons. The molecule has 4 rings (SSSR count). The highest BCUT2D eigenvalue weighted by molar-refractivity contribution is 7.93. The second-order valence-corrected chi connectivity index (χ2v) is 15.7. The molecule has 4 aromatic rings. The van der Waals surface area contributed by atoms with Crippen LogP contribution in [0.1, 0.15) is 11.1 Å². The Morgan fingerprint density at radius 3 is 1.21 bits per heavy atom. The van der Waals surface area contributed by atoms with Gasteiger partial charge in [0.25, 0.3) is 51.7 Å². The minimum Gasteiger partial charge on any atom is -0.282 e. The van der Waals surface area contributed by atoms with Crippen LogP contribution >= 0.6 is 0 Å². The third-order valence-corrected chi connectivity index (χ3v) is 10.8. The number of hydrogen-bond acceptors (Lipinski definition) is 12. The van der Waals surface area contributed by atoms with E-state index >= 15 is 0 Å². The Kier molecular flexibility index (Phi) is 9.71. The van der Waals surface area contributed by atoms with E-state index in [2.05, 4.69) is 0 Å². The molecule has 0 spiro atoms. The SMILES string of the molecule is O=[N+]([O-])c1cccc(S(=O)(=O)Nc2ccc(C=Cc3ccc(NS(=O)(=O)c4cccc([N+](=O)[O-])c4)cc3S(=O)(=O)O)c(S(=O)(=O)O)c2)c1. The van der Waals surface area contributed by atoms with Crippen LogP contribution in [0.2, 0.25) is 0 Å². The molecule has 0 aliphatic heterocycles. The number of benzene rings is 4. The van der Waals surface area contributed by atoms with E-state index in [4.69, 9.17) is 0 Å². The Bertz CT molecular complexity index is 2280. The largest absolute Gasteiger partial charge is 0.295 e. The predicted octanol–water partition coefficient (Wildman–Crippen LogP) is 3.77. The Labute approximate surface area is 272 Å². The lowest BCUT2D eigenvalue weighted by Gasteiger charge is -2.12. The van der Waals surface area contributed by atoms with E-state index in [1.165, 1.54) is 0 Å². The Morgan fingerprint density at radius 1 is 0.542 bits per heavy atom. The van der Waals surface area contributed by atoms with Gasteiger partial charge in [-0.05, 0) is 47.5 Å². The summed E-state index contributed by atoms with van der Waals surface area (Å²) in [5.41, 5.74) is -2.43. The lowest BCUT2D eigenvalue weighted by molar-refractivity contribution is -0.385. The van der Waals surface area contributed by atoms with Gasteiger partial charge >= 0.3 is 0 Å². The molecule has 0 radical (unpaired) electrons. The first-order chi connectivity index (χ1) is 22.2. The summed E-state index contributed by atoms with van der Waals surface area (Å²) in [5.74, 6) is 0. The Balaban J connectivity index is 1.68. The number of nitrogens with one attached hydrogen (secondary N) is 2. The van der Waals surface area contributed by atoms with E-state index in [1.54, 1.807) is 0 Å². The number of sulfonamides is 2. The van der Waals surface area contributed by atoms with Crippen molar-refractivity contribution in [3.63, 3.8) is 0 Å². The van der Waals surface area contributed by atoms with Gasteiger partial charge in [-0.2, -0.15) is 16.8 Å². The summed E-state index contributed by atoms with van der Waals surface area (Å²) in [6, 6.07) is 13.6. The lowest BCUT2D eigenvalue weighted by atomic mass is 10.1. The zero-order valence-electron chi connectivity index (χ0n) is 23.6. The molecule has 0 bridgehead atoms. The highest BCUT2D eigenvalue weighted by Crippen LogP contribution is 2.29. The summed E-state index contributed by atoms with van der Waals surface area (Å²) in [6.45, 7) is 0. The van der Waals surface area contributed by atoms with Crippen molar-refractivity contribution in [2.45, 2.75) is 19.6 Å². The highest BCUT2D eigenvalue weighted by Gasteiger charge is 2.23. The Hall–Kier alpha value is -5.26. The molecule has 0 saturated heterocycles. The number of hydrogen-bond donors (Lipinski definition) is 4. The minimum absolute atomic E-state index is 0.299. The van der Waals surface area contributed by atoms with Crippen LogP contribution in [0.25, 0.3) is 12.2 Å². The van der Waals surface area contributed by atoms with E-state index in [0.29, 0.717) is 0 Å². The zero-order valence-corrected chi connectivity index (χ0v) is 26.8. The summed E-state index contributed by atoms with van der Waals surface area (Å²) in [5, 5.41) is 22.0. The second kappa shape index (κ2) is 13.1. The third-order valence-electron chi connectivity index (χ3n) is 6.21. The van der Waals surface area contributed by atoms with Crippen molar-refractivity contribution in [3.05, 3.63) is 116 Å². The number of nitrogens with zero attached hydrogens (tertiary/aromatic N) is 2. The topological polar surface area (TPSA) is 287 Å². The van der Waals surface area contributed by atoms with Crippen molar-refractivity contribution in [1.82, 2.24) is 0 Å². The fourth-order valence-electron chi connectivity index (χ4n) is 4.05. The number of nitro benzene ring substituents is 2. The van der Waals surface area contributed by atoms with Crippen molar-refractivity contribution >= 4 is 75.2 Å². The van der Waals surface area contributed by atoms with Crippen LogP contribution in [-0.4, -0.2) is 52.6 Å². The molecule has 4 aromatic carbocycles. The van der Waals surface area contributed by atoms with E-state index in [9.17, 15) is 63.0 Å². The monoisotopic (exact) mass is 740 g/mol. The van der Waals surface area contributed by atoms with Gasteiger partial charge in [0.15, 0.2) is 0 Å². The van der Waals surface area contributed by atoms with Crippen molar-refractivity contribution in [2.75, 3.05) is 9.44 Å². The summed E-state index contributed by atoms with van der Waals surface area (Å²) in [4.78, 5) is 17.6. The fraction of sp³-hybridized carbons (Fsp3) is 0. The molecule has 4 N–H and O–H groups in total. The average molecular weight is 741 g/mol. The number of non-ortho nitro benzene ring substituents is 2. The molecular weight excluding hydrogens is 721 g/mol. The lowest BCUT2D eigenvalue weighted by Crippen LogP contribution is -2.14. The number of rotatable bonds is 12. The van der Waals surface area contributed by atoms with Crippen LogP contribution in [0, 0.1) is 20.2 Å². The van der Waals surface area contributed by atoms with Gasteiger partial charge < -0.3 is 0 Å². The van der Waals surface area contributed by atoms with Gasteiger partial charge in [0.05, 0.1) is 31.0 Å². The normalized spacial score (nSPS) is 12.5. The molecule has 0 saturated carbocycles. The summed E-state index contributed by atoms with van der Waals surface area (Å²) in [6.07, 6.45) is 1.97. The number of nitro groups is 2. The molecule has 22 heteroatoms. The zero-order chi connectivity index (χ0) is 35.7. The molecule has 0 amide bonds. The molecule has 0 aromatic heterocycles. The van der Waals surface area contributed by atoms with Gasteiger partial charge in [-0.15, -0.1) is 0 Å².